The Morgan fingerprint density at radius 3 is 2.05 bits per heavy atom. The average Bonchev–Trinajstić information content (AvgIpc) is 2.35. The number of hydrogen-bond donors (Lipinski definition) is 0. The quantitative estimate of drug-likeness (QED) is 0.683. The van der Waals surface area contributed by atoms with E-state index in [9.17, 15) is 0 Å². The Morgan fingerprint density at radius 2 is 1.60 bits per heavy atom. The van der Waals surface area contributed by atoms with Gasteiger partial charge in [0.25, 0.3) is 0 Å². The fourth-order valence-corrected chi connectivity index (χ4v) is 5.95. The Labute approximate surface area is 123 Å². The van der Waals surface area contributed by atoms with Crippen LogP contribution in [0.15, 0.2) is 0 Å². The maximum absolute atomic E-state index is 6.09. The molecule has 4 saturated carbocycles. The lowest BCUT2D eigenvalue weighted by Crippen LogP contribution is -2.47. The van der Waals surface area contributed by atoms with Crippen molar-refractivity contribution in [3.63, 3.8) is 0 Å². The molecule has 5 aliphatic rings. The van der Waals surface area contributed by atoms with Crippen molar-refractivity contribution in [3.05, 3.63) is 0 Å². The van der Waals surface area contributed by atoms with Gasteiger partial charge < -0.3 is 9.47 Å². The zero-order valence-corrected chi connectivity index (χ0v) is 13.0. The van der Waals surface area contributed by atoms with Crippen LogP contribution in [0.4, 0.5) is 0 Å². The first-order chi connectivity index (χ1) is 9.71. The Bertz CT molecular complexity index is 318. The molecule has 4 aliphatic carbocycles. The summed E-state index contributed by atoms with van der Waals surface area (Å²) >= 11 is 0. The molecule has 0 atom stereocenters. The Kier molecular flexibility index (Phi) is 3.38. The van der Waals surface area contributed by atoms with Gasteiger partial charge in [0, 0.05) is 12.0 Å². The second-order valence-corrected chi connectivity index (χ2v) is 8.57. The van der Waals surface area contributed by atoms with Gasteiger partial charge >= 0.3 is 0 Å². The number of rotatable bonds is 6. The zero-order valence-electron chi connectivity index (χ0n) is 13.0. The molecule has 0 N–H and O–H groups in total. The second kappa shape index (κ2) is 4.98. The fraction of sp³-hybridized carbons (Fsp3) is 1.00. The summed E-state index contributed by atoms with van der Waals surface area (Å²) in [4.78, 5) is 0. The van der Waals surface area contributed by atoms with Crippen LogP contribution in [0.1, 0.15) is 58.3 Å². The minimum absolute atomic E-state index is 0.363. The van der Waals surface area contributed by atoms with Crippen molar-refractivity contribution in [3.8, 4) is 0 Å². The molecule has 0 spiro atoms. The van der Waals surface area contributed by atoms with Crippen LogP contribution in [0.5, 0.6) is 0 Å². The molecule has 5 rings (SSSR count). The van der Waals surface area contributed by atoms with Gasteiger partial charge in [0.2, 0.25) is 0 Å². The van der Waals surface area contributed by atoms with Gasteiger partial charge in [-0.2, -0.15) is 0 Å². The lowest BCUT2D eigenvalue weighted by molar-refractivity contribution is -0.154. The zero-order chi connectivity index (χ0) is 13.6. The summed E-state index contributed by atoms with van der Waals surface area (Å²) < 4.78 is 11.5. The highest BCUT2D eigenvalue weighted by atomic mass is 16.5. The molecule has 20 heavy (non-hydrogen) atoms. The first kappa shape index (κ1) is 13.6. The standard InChI is InChI=1S/C18H30O2/c1-2-17(12-20-13-17)11-19-4-3-18-8-14-5-15(9-18)7-16(6-14)10-18/h14-16H,2-13H2,1H3. The van der Waals surface area contributed by atoms with E-state index in [2.05, 4.69) is 6.92 Å². The van der Waals surface area contributed by atoms with Crippen molar-refractivity contribution < 1.29 is 9.47 Å². The van der Waals surface area contributed by atoms with Gasteiger partial charge in [-0.15, -0.1) is 0 Å². The van der Waals surface area contributed by atoms with E-state index in [0.29, 0.717) is 10.8 Å². The van der Waals surface area contributed by atoms with Crippen molar-refractivity contribution in [1.29, 1.82) is 0 Å². The lowest BCUT2D eigenvalue weighted by Gasteiger charge is -2.57. The molecule has 0 unspecified atom stereocenters. The monoisotopic (exact) mass is 278 g/mol. The van der Waals surface area contributed by atoms with Crippen LogP contribution in [0, 0.1) is 28.6 Å². The molecule has 0 amide bonds. The molecular weight excluding hydrogens is 248 g/mol. The van der Waals surface area contributed by atoms with Crippen LogP contribution in [0.2, 0.25) is 0 Å². The van der Waals surface area contributed by atoms with E-state index in [1.165, 1.54) is 32.1 Å². The van der Waals surface area contributed by atoms with Crippen molar-refractivity contribution in [2.75, 3.05) is 26.4 Å². The van der Waals surface area contributed by atoms with E-state index in [0.717, 1.165) is 44.2 Å². The van der Waals surface area contributed by atoms with Crippen LogP contribution in [-0.4, -0.2) is 26.4 Å². The third-order valence-electron chi connectivity index (χ3n) is 6.92. The molecule has 1 heterocycles. The van der Waals surface area contributed by atoms with Crippen molar-refractivity contribution in [2.24, 2.45) is 28.6 Å². The molecule has 1 saturated heterocycles. The first-order valence-corrected chi connectivity index (χ1v) is 8.86. The fourth-order valence-electron chi connectivity index (χ4n) is 5.95. The van der Waals surface area contributed by atoms with E-state index in [-0.39, 0.29) is 0 Å². The Hall–Kier alpha value is -0.0800. The molecule has 2 heteroatoms. The Morgan fingerprint density at radius 1 is 1.00 bits per heavy atom. The summed E-state index contributed by atoms with van der Waals surface area (Å²) in [7, 11) is 0. The molecule has 5 fully saturated rings. The highest BCUT2D eigenvalue weighted by molar-refractivity contribution is 5.01. The van der Waals surface area contributed by atoms with E-state index >= 15 is 0 Å². The summed E-state index contributed by atoms with van der Waals surface area (Å²) in [6.07, 6.45) is 11.7. The van der Waals surface area contributed by atoms with Crippen molar-refractivity contribution in [1.82, 2.24) is 0 Å². The van der Waals surface area contributed by atoms with E-state index in [4.69, 9.17) is 9.47 Å². The minimum Gasteiger partial charge on any atom is -0.381 e. The molecule has 0 aromatic rings. The molecule has 0 aromatic heterocycles. The van der Waals surface area contributed by atoms with Gasteiger partial charge in [-0.05, 0) is 74.5 Å². The predicted molar refractivity (Wildman–Crippen MR) is 79.6 cm³/mol. The maximum Gasteiger partial charge on any atom is 0.0566 e. The highest BCUT2D eigenvalue weighted by Crippen LogP contribution is 2.61. The largest absolute Gasteiger partial charge is 0.381 e. The summed E-state index contributed by atoms with van der Waals surface area (Å²) in [6.45, 7) is 6.02. The van der Waals surface area contributed by atoms with Crippen LogP contribution < -0.4 is 0 Å². The van der Waals surface area contributed by atoms with E-state index < -0.39 is 0 Å². The summed E-state index contributed by atoms with van der Waals surface area (Å²) in [5.41, 5.74) is 1.05. The lowest BCUT2D eigenvalue weighted by atomic mass is 9.49. The van der Waals surface area contributed by atoms with Crippen LogP contribution >= 0.6 is 0 Å². The summed E-state index contributed by atoms with van der Waals surface area (Å²) in [5.74, 6) is 3.22. The predicted octanol–water partition coefficient (Wildman–Crippen LogP) is 4.04. The third-order valence-corrected chi connectivity index (χ3v) is 6.92. The minimum atomic E-state index is 0.363. The topological polar surface area (TPSA) is 18.5 Å². The first-order valence-electron chi connectivity index (χ1n) is 8.86. The number of hydrogen-bond acceptors (Lipinski definition) is 2. The number of ether oxygens (including phenoxy) is 2. The molecule has 2 nitrogen and oxygen atoms in total. The second-order valence-electron chi connectivity index (χ2n) is 8.57. The van der Waals surface area contributed by atoms with Crippen molar-refractivity contribution in [2.45, 2.75) is 58.3 Å². The van der Waals surface area contributed by atoms with Gasteiger partial charge in [-0.1, -0.05) is 6.92 Å². The van der Waals surface area contributed by atoms with E-state index in [1.807, 2.05) is 0 Å². The molecular formula is C18H30O2. The highest BCUT2D eigenvalue weighted by Gasteiger charge is 2.50. The summed E-state index contributed by atoms with van der Waals surface area (Å²) in [5, 5.41) is 0. The van der Waals surface area contributed by atoms with Gasteiger partial charge in [-0.3, -0.25) is 0 Å². The third kappa shape index (κ3) is 2.33. The van der Waals surface area contributed by atoms with Gasteiger partial charge in [0.05, 0.1) is 19.8 Å². The molecule has 0 aromatic carbocycles. The summed E-state index contributed by atoms with van der Waals surface area (Å²) in [6, 6.07) is 0. The molecule has 4 bridgehead atoms. The van der Waals surface area contributed by atoms with Gasteiger partial charge in [-0.25, -0.2) is 0 Å². The van der Waals surface area contributed by atoms with Crippen molar-refractivity contribution >= 4 is 0 Å². The SMILES string of the molecule is CCC1(COCCC23CC4CC(CC(C4)C2)C3)COC1. The normalized spacial score (nSPS) is 44.5. The van der Waals surface area contributed by atoms with Crippen LogP contribution in [0.3, 0.4) is 0 Å². The van der Waals surface area contributed by atoms with E-state index in [1.54, 1.807) is 19.3 Å². The Balaban J connectivity index is 1.27. The van der Waals surface area contributed by atoms with Gasteiger partial charge in [0.1, 0.15) is 0 Å². The smallest absolute Gasteiger partial charge is 0.0566 e. The van der Waals surface area contributed by atoms with Crippen LogP contribution in [0.25, 0.3) is 0 Å². The molecule has 114 valence electrons. The average molecular weight is 278 g/mol. The molecule has 0 radical (unpaired) electrons. The maximum atomic E-state index is 6.09. The van der Waals surface area contributed by atoms with Crippen LogP contribution in [-0.2, 0) is 9.47 Å². The van der Waals surface area contributed by atoms with Gasteiger partial charge in [0.15, 0.2) is 0 Å². The molecule has 1 aliphatic heterocycles.